The molecule has 1 aliphatic carbocycles. The van der Waals surface area contributed by atoms with E-state index < -0.39 is 42.2 Å². The molecule has 2 heterocycles. The molecule has 9 nitrogen and oxygen atoms in total. The number of benzene rings is 2. The minimum absolute atomic E-state index is 0.0225. The Bertz CT molecular complexity index is 1520. The van der Waals surface area contributed by atoms with Gasteiger partial charge in [0.25, 0.3) is 5.95 Å². The number of amides is 1. The summed E-state index contributed by atoms with van der Waals surface area (Å²) in [5.74, 6) is -0.0401. The number of aromatic nitrogens is 4. The summed E-state index contributed by atoms with van der Waals surface area (Å²) in [6.07, 6.45) is -7.76. The van der Waals surface area contributed by atoms with Crippen LogP contribution in [0.1, 0.15) is 78.1 Å². The molecule has 0 saturated carbocycles. The number of aryl methyl sites for hydroxylation is 1. The lowest BCUT2D eigenvalue weighted by molar-refractivity contribution is -0.143. The van der Waals surface area contributed by atoms with Crippen LogP contribution in [0.3, 0.4) is 0 Å². The zero-order chi connectivity index (χ0) is 32.7. The lowest BCUT2D eigenvalue weighted by Gasteiger charge is -2.33. The number of anilines is 2. The maximum Gasteiger partial charge on any atom is 0.416 e. The molecular formula is C30H34F6N6O3. The molecule has 0 spiro atoms. The number of hydrogen-bond donors (Lipinski definition) is 1. The van der Waals surface area contributed by atoms with Gasteiger partial charge in [-0.25, -0.2) is 4.79 Å². The third-order valence-corrected chi connectivity index (χ3v) is 8.05. The van der Waals surface area contributed by atoms with E-state index in [9.17, 15) is 36.2 Å². The van der Waals surface area contributed by atoms with Crippen LogP contribution in [0.2, 0.25) is 0 Å². The molecule has 3 aromatic rings. The van der Waals surface area contributed by atoms with E-state index in [1.165, 1.54) is 4.90 Å². The van der Waals surface area contributed by atoms with Crippen molar-refractivity contribution in [1.29, 1.82) is 0 Å². The number of aliphatic hydroxyl groups excluding tert-OH is 1. The molecule has 0 bridgehead atoms. The molecule has 1 N–H and O–H groups in total. The van der Waals surface area contributed by atoms with Crippen molar-refractivity contribution in [3.05, 3.63) is 63.2 Å². The molecule has 2 aromatic carbocycles. The number of hydrogen-bond acceptors (Lipinski definition) is 7. The Labute approximate surface area is 255 Å². The summed E-state index contributed by atoms with van der Waals surface area (Å²) in [6, 6.07) is 2.76. The van der Waals surface area contributed by atoms with Gasteiger partial charge in [-0.3, -0.25) is 4.90 Å². The van der Waals surface area contributed by atoms with Gasteiger partial charge in [-0.05, 0) is 104 Å². The standard InChI is InChI=1S/C30H34F6N6O3/c1-17(2)45-28(44)40-9-5-8-25(24-12-18(3)22-6-4-7-23(22)26(24)40)41(27-37-39-42(38-27)10-11-43)16-19-13-20(29(31,32)33)15-21(14-19)30(34,35)36/h12-15,17,25,43H,4-11,16H2,1-3H3/t25-/m0/s1. The van der Waals surface area contributed by atoms with Gasteiger partial charge in [0.05, 0.1) is 42.1 Å². The Balaban J connectivity index is 1.69. The lowest BCUT2D eigenvalue weighted by atomic mass is 9.91. The van der Waals surface area contributed by atoms with Crippen LogP contribution in [0.5, 0.6) is 0 Å². The highest BCUT2D eigenvalue weighted by molar-refractivity contribution is 5.91. The molecular weight excluding hydrogens is 606 g/mol. The second kappa shape index (κ2) is 12.5. The maximum absolute atomic E-state index is 13.8. The molecule has 1 aromatic heterocycles. The largest absolute Gasteiger partial charge is 0.446 e. The number of fused-ring (bicyclic) bond motifs is 3. The van der Waals surface area contributed by atoms with E-state index in [4.69, 9.17) is 4.74 Å². The average Bonchev–Trinajstić information content (AvgIpc) is 3.58. The van der Waals surface area contributed by atoms with Crippen molar-refractivity contribution in [1.82, 2.24) is 20.2 Å². The van der Waals surface area contributed by atoms with Crippen molar-refractivity contribution >= 4 is 17.7 Å². The second-order valence-corrected chi connectivity index (χ2v) is 11.6. The fourth-order valence-corrected chi connectivity index (χ4v) is 6.22. The maximum atomic E-state index is 13.8. The number of aliphatic hydroxyl groups is 1. The van der Waals surface area contributed by atoms with Gasteiger partial charge < -0.3 is 14.7 Å². The highest BCUT2D eigenvalue weighted by Gasteiger charge is 2.39. The summed E-state index contributed by atoms with van der Waals surface area (Å²) in [5, 5.41) is 21.7. The predicted octanol–water partition coefficient (Wildman–Crippen LogP) is 6.39. The van der Waals surface area contributed by atoms with Crippen LogP contribution in [0.4, 0.5) is 42.8 Å². The summed E-state index contributed by atoms with van der Waals surface area (Å²) in [7, 11) is 0. The zero-order valence-electron chi connectivity index (χ0n) is 25.0. The number of carbonyl (C=O) groups excluding carboxylic acids is 1. The van der Waals surface area contributed by atoms with E-state index in [1.54, 1.807) is 18.7 Å². The lowest BCUT2D eigenvalue weighted by Crippen LogP contribution is -2.35. The van der Waals surface area contributed by atoms with Gasteiger partial charge in [0, 0.05) is 13.1 Å². The number of alkyl halides is 6. The number of halogens is 6. The van der Waals surface area contributed by atoms with Crippen molar-refractivity contribution in [2.45, 2.75) is 90.5 Å². The van der Waals surface area contributed by atoms with Crippen molar-refractivity contribution in [3.8, 4) is 0 Å². The van der Waals surface area contributed by atoms with E-state index >= 15 is 0 Å². The minimum Gasteiger partial charge on any atom is -0.446 e. The predicted molar refractivity (Wildman–Crippen MR) is 152 cm³/mol. The first kappa shape index (κ1) is 32.5. The van der Waals surface area contributed by atoms with Gasteiger partial charge in [0.2, 0.25) is 0 Å². The molecule has 45 heavy (non-hydrogen) atoms. The van der Waals surface area contributed by atoms with Crippen LogP contribution in [0.15, 0.2) is 24.3 Å². The summed E-state index contributed by atoms with van der Waals surface area (Å²) >= 11 is 0. The monoisotopic (exact) mass is 640 g/mol. The van der Waals surface area contributed by atoms with Gasteiger partial charge in [-0.1, -0.05) is 11.2 Å². The zero-order valence-corrected chi connectivity index (χ0v) is 25.0. The van der Waals surface area contributed by atoms with Gasteiger partial charge in [-0.15, -0.1) is 5.10 Å². The van der Waals surface area contributed by atoms with Crippen molar-refractivity contribution in [2.24, 2.45) is 0 Å². The van der Waals surface area contributed by atoms with Crippen LogP contribution in [-0.2, 0) is 43.0 Å². The van der Waals surface area contributed by atoms with Gasteiger partial charge in [0.1, 0.15) is 0 Å². The second-order valence-electron chi connectivity index (χ2n) is 11.6. The van der Waals surface area contributed by atoms with Gasteiger partial charge in [-0.2, -0.15) is 31.1 Å². The minimum atomic E-state index is -5.02. The molecule has 0 fully saturated rings. The fourth-order valence-electron chi connectivity index (χ4n) is 6.22. The quantitative estimate of drug-likeness (QED) is 0.299. The Morgan fingerprint density at radius 2 is 1.71 bits per heavy atom. The molecule has 0 unspecified atom stereocenters. The highest BCUT2D eigenvalue weighted by Crippen LogP contribution is 2.46. The first-order valence-corrected chi connectivity index (χ1v) is 14.7. The van der Waals surface area contributed by atoms with E-state index in [2.05, 4.69) is 15.4 Å². The normalized spacial score (nSPS) is 16.9. The van der Waals surface area contributed by atoms with E-state index in [1.807, 2.05) is 13.0 Å². The number of nitrogens with zero attached hydrogens (tertiary/aromatic N) is 6. The Hall–Kier alpha value is -3.88. The third-order valence-electron chi connectivity index (χ3n) is 8.05. The topological polar surface area (TPSA) is 96.6 Å². The first-order valence-electron chi connectivity index (χ1n) is 14.7. The Kier molecular flexibility index (Phi) is 9.02. The molecule has 15 heteroatoms. The van der Waals surface area contributed by atoms with Crippen molar-refractivity contribution in [3.63, 3.8) is 0 Å². The molecule has 0 radical (unpaired) electrons. The van der Waals surface area contributed by atoms with Gasteiger partial charge in [0.15, 0.2) is 0 Å². The van der Waals surface area contributed by atoms with Crippen LogP contribution in [0, 0.1) is 6.92 Å². The molecule has 1 atom stereocenters. The Morgan fingerprint density at radius 1 is 1.04 bits per heavy atom. The highest BCUT2D eigenvalue weighted by atomic mass is 19.4. The first-order chi connectivity index (χ1) is 21.2. The number of carbonyl (C=O) groups is 1. The molecule has 0 saturated heterocycles. The van der Waals surface area contributed by atoms with Crippen molar-refractivity contribution in [2.75, 3.05) is 23.0 Å². The van der Waals surface area contributed by atoms with E-state index in [0.29, 0.717) is 49.2 Å². The molecule has 1 amide bonds. The Morgan fingerprint density at radius 3 is 2.33 bits per heavy atom. The van der Waals surface area contributed by atoms with Crippen LogP contribution >= 0.6 is 0 Å². The number of rotatable bonds is 7. The molecule has 1 aliphatic heterocycles. The average molecular weight is 641 g/mol. The van der Waals surface area contributed by atoms with Crippen LogP contribution < -0.4 is 9.80 Å². The number of tetrazole rings is 1. The van der Waals surface area contributed by atoms with Crippen LogP contribution in [0.25, 0.3) is 0 Å². The smallest absolute Gasteiger partial charge is 0.416 e. The van der Waals surface area contributed by atoms with Crippen LogP contribution in [-0.4, -0.2) is 50.7 Å². The third kappa shape index (κ3) is 6.87. The summed E-state index contributed by atoms with van der Waals surface area (Å²) in [6.45, 7) is 4.97. The summed E-state index contributed by atoms with van der Waals surface area (Å²) < 4.78 is 88.3. The molecule has 244 valence electrons. The van der Waals surface area contributed by atoms with Gasteiger partial charge >= 0.3 is 18.4 Å². The van der Waals surface area contributed by atoms with Crippen molar-refractivity contribution < 1.29 is 41.0 Å². The van der Waals surface area contributed by atoms with E-state index in [-0.39, 0.29) is 36.8 Å². The summed E-state index contributed by atoms with van der Waals surface area (Å²) in [5.41, 5.74) is 1.28. The van der Waals surface area contributed by atoms with E-state index in [0.717, 1.165) is 34.3 Å². The fraction of sp³-hybridized carbons (Fsp3) is 0.533. The summed E-state index contributed by atoms with van der Waals surface area (Å²) in [4.78, 5) is 17.6. The molecule has 2 aliphatic rings. The molecule has 5 rings (SSSR count). The SMILES string of the molecule is Cc1cc2c(c3c1CCC3)N(C(=O)OC(C)C)CCC[C@@H]2N(Cc1cc(C(F)(F)F)cc(C(F)(F)F)c1)c1nnn(CCO)n1. The number of ether oxygens (including phenoxy) is 1.